The van der Waals surface area contributed by atoms with E-state index in [1.165, 1.54) is 0 Å². The maximum Gasteiger partial charge on any atom is 0.340 e. The van der Waals surface area contributed by atoms with Gasteiger partial charge in [-0.1, -0.05) is 29.8 Å². The Balaban J connectivity index is 1.30. The van der Waals surface area contributed by atoms with Crippen molar-refractivity contribution in [3.63, 3.8) is 0 Å². The molecule has 0 bridgehead atoms. The van der Waals surface area contributed by atoms with Crippen molar-refractivity contribution < 1.29 is 22.7 Å². The van der Waals surface area contributed by atoms with Crippen molar-refractivity contribution in [3.05, 3.63) is 58.8 Å². The number of hydrogen-bond acceptors (Lipinski definition) is 7. The van der Waals surface area contributed by atoms with Crippen molar-refractivity contribution in [2.75, 3.05) is 18.0 Å². The van der Waals surface area contributed by atoms with Gasteiger partial charge in [0.15, 0.2) is 0 Å². The Morgan fingerprint density at radius 2 is 1.70 bits per heavy atom. The lowest BCUT2D eigenvalue weighted by molar-refractivity contribution is -0.123. The van der Waals surface area contributed by atoms with Crippen LogP contribution in [0.2, 0.25) is 0 Å². The van der Waals surface area contributed by atoms with Crippen LogP contribution in [0.4, 0.5) is 5.82 Å². The molecule has 1 N–H and O–H groups in total. The molecule has 2 fully saturated rings. The Labute approximate surface area is 194 Å². The molecule has 0 spiro atoms. The van der Waals surface area contributed by atoms with Gasteiger partial charge in [0.25, 0.3) is 0 Å². The molecule has 8 nitrogen and oxygen atoms in total. The molecule has 2 aliphatic rings. The van der Waals surface area contributed by atoms with E-state index >= 15 is 0 Å². The van der Waals surface area contributed by atoms with Gasteiger partial charge in [0, 0.05) is 19.0 Å². The summed E-state index contributed by atoms with van der Waals surface area (Å²) in [5, 5.41) is 0. The van der Waals surface area contributed by atoms with Gasteiger partial charge in [0.05, 0.1) is 17.0 Å². The number of piperidine rings is 1. The number of carbonyl (C=O) groups excluding carboxylic acids is 2. The van der Waals surface area contributed by atoms with E-state index in [4.69, 9.17) is 4.74 Å². The number of sulfonamides is 1. The van der Waals surface area contributed by atoms with Crippen LogP contribution < -0.4 is 9.62 Å². The van der Waals surface area contributed by atoms with Crippen LogP contribution in [0.5, 0.6) is 0 Å². The van der Waals surface area contributed by atoms with Gasteiger partial charge in [-0.2, -0.15) is 0 Å². The Morgan fingerprint density at radius 1 is 1.03 bits per heavy atom. The second-order valence-corrected chi connectivity index (χ2v) is 10.6. The fraction of sp³-hybridized carbons (Fsp3) is 0.458. The predicted molar refractivity (Wildman–Crippen MR) is 124 cm³/mol. The van der Waals surface area contributed by atoms with Crippen molar-refractivity contribution in [1.29, 1.82) is 0 Å². The van der Waals surface area contributed by atoms with Gasteiger partial charge in [0.2, 0.25) is 15.9 Å². The summed E-state index contributed by atoms with van der Waals surface area (Å²) in [6.45, 7) is 4.87. The van der Waals surface area contributed by atoms with Gasteiger partial charge in [-0.25, -0.2) is 18.2 Å². The van der Waals surface area contributed by atoms with Crippen molar-refractivity contribution in [2.45, 2.75) is 51.4 Å². The smallest absolute Gasteiger partial charge is 0.340 e. The number of pyridine rings is 1. The summed E-state index contributed by atoms with van der Waals surface area (Å²) in [5.41, 5.74) is 2.77. The first kappa shape index (κ1) is 23.2. The van der Waals surface area contributed by atoms with Crippen molar-refractivity contribution in [1.82, 2.24) is 9.71 Å². The number of carbonyl (C=O) groups is 2. The Bertz CT molecular complexity index is 1140. The highest BCUT2D eigenvalue weighted by molar-refractivity contribution is 7.89. The van der Waals surface area contributed by atoms with Crippen LogP contribution in [0, 0.1) is 19.8 Å². The number of amides is 1. The lowest BCUT2D eigenvalue weighted by Crippen LogP contribution is -2.43. The molecule has 0 radical (unpaired) electrons. The first-order valence-electron chi connectivity index (χ1n) is 11.2. The molecule has 1 aliphatic carbocycles. The third-order valence-electron chi connectivity index (χ3n) is 6.01. The molecule has 1 aromatic carbocycles. The SMILES string of the molecule is Cc1ccc(CS(=O)(=O)NC(=O)C2CCN(c3ccc(C(=O)OC4CC4)c(C)n3)CC2)cc1. The average molecular weight is 472 g/mol. The van der Waals surface area contributed by atoms with E-state index in [0.717, 1.165) is 24.2 Å². The molecular formula is C24H29N3O5S. The summed E-state index contributed by atoms with van der Waals surface area (Å²) in [7, 11) is -3.75. The molecule has 0 unspecified atom stereocenters. The minimum absolute atomic E-state index is 0.0439. The summed E-state index contributed by atoms with van der Waals surface area (Å²) in [5.74, 6) is -0.652. The molecule has 1 aliphatic heterocycles. The number of nitrogens with zero attached hydrogens (tertiary/aromatic N) is 2. The molecule has 176 valence electrons. The minimum Gasteiger partial charge on any atom is -0.459 e. The standard InChI is InChI=1S/C24H29N3O5S/c1-16-3-5-18(6-4-16)15-33(30,31)26-23(28)19-11-13-27(14-12-19)22-10-9-21(17(2)25-22)24(29)32-20-7-8-20/h3-6,9-10,19-20H,7-8,11-15H2,1-2H3,(H,26,28). The maximum atomic E-state index is 12.6. The van der Waals surface area contributed by atoms with Crippen molar-refractivity contribution in [3.8, 4) is 0 Å². The number of ether oxygens (including phenoxy) is 1. The van der Waals surface area contributed by atoms with E-state index in [0.29, 0.717) is 42.8 Å². The van der Waals surface area contributed by atoms with E-state index in [9.17, 15) is 18.0 Å². The zero-order valence-electron chi connectivity index (χ0n) is 18.9. The lowest BCUT2D eigenvalue weighted by atomic mass is 9.96. The van der Waals surface area contributed by atoms with Crippen molar-refractivity contribution >= 4 is 27.7 Å². The number of anilines is 1. The second-order valence-electron chi connectivity index (χ2n) is 8.88. The van der Waals surface area contributed by atoms with E-state index in [-0.39, 0.29) is 23.7 Å². The van der Waals surface area contributed by atoms with Gasteiger partial charge >= 0.3 is 5.97 Å². The van der Waals surface area contributed by atoms with Gasteiger partial charge < -0.3 is 9.64 Å². The Morgan fingerprint density at radius 3 is 2.30 bits per heavy atom. The highest BCUT2D eigenvalue weighted by Gasteiger charge is 2.30. The monoisotopic (exact) mass is 471 g/mol. The number of nitrogens with one attached hydrogen (secondary N) is 1. The summed E-state index contributed by atoms with van der Waals surface area (Å²) >= 11 is 0. The first-order valence-corrected chi connectivity index (χ1v) is 12.9. The Hall–Kier alpha value is -2.94. The topological polar surface area (TPSA) is 106 Å². The van der Waals surface area contributed by atoms with Crippen LogP contribution in [0.15, 0.2) is 36.4 Å². The van der Waals surface area contributed by atoms with Gasteiger partial charge in [-0.3, -0.25) is 9.52 Å². The number of hydrogen-bond donors (Lipinski definition) is 1. The van der Waals surface area contributed by atoms with Crippen LogP contribution in [0.25, 0.3) is 0 Å². The number of benzene rings is 1. The predicted octanol–water partition coefficient (Wildman–Crippen LogP) is 2.88. The molecular weight excluding hydrogens is 442 g/mol. The average Bonchev–Trinajstić information content (AvgIpc) is 3.59. The molecule has 9 heteroatoms. The normalized spacial score (nSPS) is 17.0. The fourth-order valence-electron chi connectivity index (χ4n) is 3.89. The highest BCUT2D eigenvalue weighted by Crippen LogP contribution is 2.27. The van der Waals surface area contributed by atoms with Gasteiger partial charge in [-0.15, -0.1) is 0 Å². The molecule has 1 saturated carbocycles. The quantitative estimate of drug-likeness (QED) is 0.619. The number of aryl methyl sites for hydroxylation is 2. The minimum atomic E-state index is -3.75. The Kier molecular flexibility index (Phi) is 6.69. The summed E-state index contributed by atoms with van der Waals surface area (Å²) in [6.07, 6.45) is 2.94. The van der Waals surface area contributed by atoms with E-state index in [1.54, 1.807) is 31.2 Å². The molecule has 1 saturated heterocycles. The van der Waals surface area contributed by atoms with Crippen LogP contribution >= 0.6 is 0 Å². The van der Waals surface area contributed by atoms with Crippen LogP contribution in [-0.2, 0) is 25.3 Å². The zero-order chi connectivity index (χ0) is 23.6. The summed E-state index contributed by atoms with van der Waals surface area (Å²) in [4.78, 5) is 31.4. The van der Waals surface area contributed by atoms with E-state index in [2.05, 4.69) is 9.71 Å². The van der Waals surface area contributed by atoms with Crippen LogP contribution in [0.3, 0.4) is 0 Å². The highest BCUT2D eigenvalue weighted by atomic mass is 32.2. The molecule has 4 rings (SSSR count). The summed E-state index contributed by atoms with van der Waals surface area (Å²) in [6, 6.07) is 10.7. The third-order valence-corrected chi connectivity index (χ3v) is 7.24. The van der Waals surface area contributed by atoms with Crippen LogP contribution in [0.1, 0.15) is 52.9 Å². The lowest BCUT2D eigenvalue weighted by Gasteiger charge is -2.32. The number of rotatable bonds is 7. The molecule has 2 aromatic rings. The fourth-order valence-corrected chi connectivity index (χ4v) is 5.06. The van der Waals surface area contributed by atoms with E-state index in [1.807, 2.05) is 24.0 Å². The van der Waals surface area contributed by atoms with Crippen molar-refractivity contribution in [2.24, 2.45) is 5.92 Å². The number of aromatic nitrogens is 1. The maximum absolute atomic E-state index is 12.6. The van der Waals surface area contributed by atoms with E-state index < -0.39 is 15.9 Å². The third kappa shape index (κ3) is 6.10. The first-order chi connectivity index (χ1) is 15.7. The second kappa shape index (κ2) is 9.51. The van der Waals surface area contributed by atoms with Crippen LogP contribution in [-0.4, -0.2) is 44.5 Å². The molecule has 0 atom stereocenters. The zero-order valence-corrected chi connectivity index (χ0v) is 19.7. The molecule has 2 heterocycles. The van der Waals surface area contributed by atoms with Gasteiger partial charge in [-0.05, 0) is 57.2 Å². The molecule has 1 amide bonds. The summed E-state index contributed by atoms with van der Waals surface area (Å²) < 4.78 is 32.4. The van der Waals surface area contributed by atoms with Gasteiger partial charge in [0.1, 0.15) is 11.9 Å². The molecule has 33 heavy (non-hydrogen) atoms. The number of esters is 1. The largest absolute Gasteiger partial charge is 0.459 e. The molecule has 1 aromatic heterocycles.